The molecule has 1 unspecified atom stereocenters. The van der Waals surface area contributed by atoms with E-state index in [1.54, 1.807) is 17.6 Å². The Bertz CT molecular complexity index is 684. The third-order valence-corrected chi connectivity index (χ3v) is 5.31. The Morgan fingerprint density at radius 2 is 2.33 bits per heavy atom. The number of aromatic nitrogens is 1. The van der Waals surface area contributed by atoms with Gasteiger partial charge in [0.1, 0.15) is 12.5 Å². The summed E-state index contributed by atoms with van der Waals surface area (Å²) in [5.74, 6) is 0.152. The van der Waals surface area contributed by atoms with Crippen LogP contribution in [0.5, 0.6) is 5.88 Å². The third-order valence-electron chi connectivity index (χ3n) is 3.13. The van der Waals surface area contributed by atoms with E-state index in [0.717, 1.165) is 14.9 Å². The van der Waals surface area contributed by atoms with Crippen LogP contribution in [0.4, 0.5) is 0 Å². The molecule has 8 heteroatoms. The lowest BCUT2D eigenvalue weighted by Gasteiger charge is -2.12. The summed E-state index contributed by atoms with van der Waals surface area (Å²) in [6.07, 6.45) is 0. The van der Waals surface area contributed by atoms with Gasteiger partial charge >= 0.3 is 0 Å². The first-order chi connectivity index (χ1) is 10.1. The number of nitrogens with zero attached hydrogens (tertiary/aromatic N) is 1. The van der Waals surface area contributed by atoms with Gasteiger partial charge in [0.15, 0.2) is 0 Å². The minimum Gasteiger partial charge on any atom is -0.476 e. The summed E-state index contributed by atoms with van der Waals surface area (Å²) in [6, 6.07) is 3.39. The lowest BCUT2D eigenvalue weighted by atomic mass is 10.1. The zero-order valence-electron chi connectivity index (χ0n) is 10.5. The molecular formula is C13H9BrCl2N2O2S. The van der Waals surface area contributed by atoms with Crippen molar-refractivity contribution in [2.24, 2.45) is 0 Å². The normalized spacial score (nSPS) is 16.4. The molecule has 1 aliphatic rings. The molecule has 0 bridgehead atoms. The minimum atomic E-state index is -0.308. The zero-order chi connectivity index (χ0) is 15.0. The molecule has 0 aliphatic carbocycles. The quantitative estimate of drug-likeness (QED) is 0.836. The molecule has 0 radical (unpaired) electrons. The predicted octanol–water partition coefficient (Wildman–Crippen LogP) is 4.00. The number of amides is 1. The van der Waals surface area contributed by atoms with E-state index in [1.807, 2.05) is 0 Å². The molecule has 4 nitrogen and oxygen atoms in total. The van der Waals surface area contributed by atoms with Crippen LogP contribution in [-0.4, -0.2) is 17.5 Å². The van der Waals surface area contributed by atoms with Crippen molar-refractivity contribution in [3.63, 3.8) is 0 Å². The Morgan fingerprint density at radius 3 is 3.10 bits per heavy atom. The predicted molar refractivity (Wildman–Crippen MR) is 86.4 cm³/mol. The van der Waals surface area contributed by atoms with Gasteiger partial charge in [0.05, 0.1) is 10.4 Å². The number of nitrogens with one attached hydrogen (secondary N) is 1. The van der Waals surface area contributed by atoms with Gasteiger partial charge in [0.25, 0.3) is 0 Å². The van der Waals surface area contributed by atoms with Gasteiger partial charge in [-0.05, 0) is 12.1 Å². The molecule has 2 aromatic rings. The molecule has 0 saturated carbocycles. The summed E-state index contributed by atoms with van der Waals surface area (Å²) in [5.41, 5.74) is 2.47. The summed E-state index contributed by atoms with van der Waals surface area (Å²) in [5, 5.41) is 3.93. The van der Waals surface area contributed by atoms with Crippen LogP contribution < -0.4 is 10.1 Å². The number of benzene rings is 1. The van der Waals surface area contributed by atoms with Crippen LogP contribution in [0, 0.1) is 0 Å². The zero-order valence-corrected chi connectivity index (χ0v) is 14.4. The number of carbonyl (C=O) groups excluding carboxylic acids is 1. The second kappa shape index (κ2) is 6.12. The monoisotopic (exact) mass is 406 g/mol. The van der Waals surface area contributed by atoms with Gasteiger partial charge in [0.2, 0.25) is 11.8 Å². The second-order valence-corrected chi connectivity index (χ2v) is 7.04. The fraction of sp³-hybridized carbons (Fsp3) is 0.231. The first-order valence-electron chi connectivity index (χ1n) is 6.03. The molecule has 1 N–H and O–H groups in total. The third kappa shape index (κ3) is 3.04. The molecule has 21 heavy (non-hydrogen) atoms. The summed E-state index contributed by atoms with van der Waals surface area (Å²) in [7, 11) is 0. The molecule has 2 heterocycles. The molecule has 1 aromatic carbocycles. The van der Waals surface area contributed by atoms with Gasteiger partial charge < -0.3 is 10.1 Å². The highest BCUT2D eigenvalue weighted by molar-refractivity contribution is 9.10. The van der Waals surface area contributed by atoms with Crippen molar-refractivity contribution in [1.29, 1.82) is 0 Å². The number of halogens is 3. The SMILES string of the molecule is O=C(NCc1c(Cl)cc(Cl)cc1Br)C1COc2ncsc21. The molecule has 0 spiro atoms. The van der Waals surface area contributed by atoms with E-state index < -0.39 is 0 Å². The van der Waals surface area contributed by atoms with Crippen LogP contribution in [0.15, 0.2) is 22.1 Å². The number of thiazole rings is 1. The van der Waals surface area contributed by atoms with Crippen molar-refractivity contribution in [3.05, 3.63) is 42.6 Å². The highest BCUT2D eigenvalue weighted by Crippen LogP contribution is 2.36. The molecule has 0 saturated heterocycles. The Labute approximate surface area is 143 Å². The van der Waals surface area contributed by atoms with Crippen molar-refractivity contribution in [2.75, 3.05) is 6.61 Å². The van der Waals surface area contributed by atoms with Gasteiger partial charge in [-0.15, -0.1) is 11.3 Å². The summed E-state index contributed by atoms with van der Waals surface area (Å²) in [4.78, 5) is 17.2. The van der Waals surface area contributed by atoms with Crippen molar-refractivity contribution in [1.82, 2.24) is 10.3 Å². The van der Waals surface area contributed by atoms with Gasteiger partial charge in [-0.2, -0.15) is 0 Å². The molecule has 1 atom stereocenters. The van der Waals surface area contributed by atoms with E-state index in [0.29, 0.717) is 29.1 Å². The average molecular weight is 408 g/mol. The van der Waals surface area contributed by atoms with Gasteiger partial charge in [-0.3, -0.25) is 4.79 Å². The fourth-order valence-electron chi connectivity index (χ4n) is 2.06. The maximum absolute atomic E-state index is 12.3. The van der Waals surface area contributed by atoms with Crippen LogP contribution in [0.3, 0.4) is 0 Å². The molecule has 0 fully saturated rings. The number of fused-ring (bicyclic) bond motifs is 1. The fourth-order valence-corrected chi connectivity index (χ4v) is 4.28. The molecule has 1 aromatic heterocycles. The topological polar surface area (TPSA) is 51.2 Å². The highest BCUT2D eigenvalue weighted by Gasteiger charge is 2.32. The standard InChI is InChI=1S/C13H9BrCl2N2O2S/c14-9-1-6(15)2-10(16)7(9)3-17-12(19)8-4-20-13-11(8)21-5-18-13/h1-2,5,8H,3-4H2,(H,17,19). The summed E-state index contributed by atoms with van der Waals surface area (Å²) >= 11 is 16.9. The van der Waals surface area contributed by atoms with Crippen LogP contribution in [-0.2, 0) is 11.3 Å². The van der Waals surface area contributed by atoms with Crippen molar-refractivity contribution in [2.45, 2.75) is 12.5 Å². The van der Waals surface area contributed by atoms with Crippen LogP contribution in [0.1, 0.15) is 16.4 Å². The molecule has 1 aliphatic heterocycles. The smallest absolute Gasteiger partial charge is 0.232 e. The largest absolute Gasteiger partial charge is 0.476 e. The van der Waals surface area contributed by atoms with E-state index in [2.05, 4.69) is 26.2 Å². The van der Waals surface area contributed by atoms with Crippen molar-refractivity contribution >= 4 is 56.4 Å². The number of hydrogen-bond acceptors (Lipinski definition) is 4. The van der Waals surface area contributed by atoms with E-state index in [1.165, 1.54) is 11.3 Å². The van der Waals surface area contributed by atoms with Gasteiger partial charge in [-0.25, -0.2) is 4.98 Å². The number of rotatable bonds is 3. The minimum absolute atomic E-state index is 0.101. The van der Waals surface area contributed by atoms with E-state index in [-0.39, 0.29) is 11.8 Å². The van der Waals surface area contributed by atoms with E-state index >= 15 is 0 Å². The van der Waals surface area contributed by atoms with Crippen molar-refractivity contribution in [3.8, 4) is 5.88 Å². The Balaban J connectivity index is 1.70. The molecule has 3 rings (SSSR count). The second-order valence-electron chi connectivity index (χ2n) is 4.45. The van der Waals surface area contributed by atoms with Crippen LogP contribution >= 0.6 is 50.5 Å². The van der Waals surface area contributed by atoms with Gasteiger partial charge in [-0.1, -0.05) is 39.1 Å². The lowest BCUT2D eigenvalue weighted by Crippen LogP contribution is -2.29. The lowest BCUT2D eigenvalue weighted by molar-refractivity contribution is -0.122. The van der Waals surface area contributed by atoms with Crippen LogP contribution in [0.2, 0.25) is 10.0 Å². The first-order valence-corrected chi connectivity index (χ1v) is 8.46. The molecular weight excluding hydrogens is 399 g/mol. The number of carbonyl (C=O) groups is 1. The maximum atomic E-state index is 12.3. The Morgan fingerprint density at radius 1 is 1.52 bits per heavy atom. The molecule has 110 valence electrons. The first kappa shape index (κ1) is 15.1. The van der Waals surface area contributed by atoms with Crippen LogP contribution in [0.25, 0.3) is 0 Å². The maximum Gasteiger partial charge on any atom is 0.232 e. The summed E-state index contributed by atoms with van der Waals surface area (Å²) in [6.45, 7) is 0.649. The van der Waals surface area contributed by atoms with Gasteiger partial charge in [0, 0.05) is 26.6 Å². The summed E-state index contributed by atoms with van der Waals surface area (Å²) < 4.78 is 6.14. The molecule has 1 amide bonds. The Hall–Kier alpha value is -0.820. The average Bonchev–Trinajstić information content (AvgIpc) is 2.99. The highest BCUT2D eigenvalue weighted by atomic mass is 79.9. The number of ether oxygens (including phenoxy) is 1. The Kier molecular flexibility index (Phi) is 4.40. The number of hydrogen-bond donors (Lipinski definition) is 1. The van der Waals surface area contributed by atoms with E-state index in [9.17, 15) is 4.79 Å². The van der Waals surface area contributed by atoms with Crippen molar-refractivity contribution < 1.29 is 9.53 Å². The van der Waals surface area contributed by atoms with E-state index in [4.69, 9.17) is 27.9 Å².